The number of benzene rings is 1. The summed E-state index contributed by atoms with van der Waals surface area (Å²) in [7, 11) is 1.76. The number of rotatable bonds is 4. The predicted octanol–water partition coefficient (Wildman–Crippen LogP) is 2.41. The summed E-state index contributed by atoms with van der Waals surface area (Å²) in [4.78, 5) is 28.9. The SMILES string of the molecule is CN1[C@@H](c2ccccc2Cl)[C@@H](C(=O)N2CCC(CO)CC2)C[C@@]1(C)C(=O)O. The zero-order chi connectivity index (χ0) is 19.8. The lowest BCUT2D eigenvalue weighted by Crippen LogP contribution is -2.46. The third kappa shape index (κ3) is 3.58. The number of piperidine rings is 1. The second-order valence-corrected chi connectivity index (χ2v) is 8.33. The first-order valence-electron chi connectivity index (χ1n) is 9.40. The van der Waals surface area contributed by atoms with Crippen molar-refractivity contribution in [1.82, 2.24) is 9.80 Å². The summed E-state index contributed by atoms with van der Waals surface area (Å²) in [5, 5.41) is 19.7. The number of hydrogen-bond acceptors (Lipinski definition) is 4. The van der Waals surface area contributed by atoms with Crippen molar-refractivity contribution in [3.63, 3.8) is 0 Å². The Morgan fingerprint density at radius 2 is 1.89 bits per heavy atom. The Balaban J connectivity index is 1.92. The van der Waals surface area contributed by atoms with Gasteiger partial charge in [-0.25, -0.2) is 0 Å². The molecule has 1 amide bonds. The van der Waals surface area contributed by atoms with Crippen LogP contribution in [0.1, 0.15) is 37.8 Å². The first-order valence-corrected chi connectivity index (χ1v) is 9.77. The number of halogens is 1. The van der Waals surface area contributed by atoms with Crippen LogP contribution in [0.25, 0.3) is 0 Å². The fourth-order valence-corrected chi connectivity index (χ4v) is 4.68. The lowest BCUT2D eigenvalue weighted by atomic mass is 9.88. The molecule has 2 heterocycles. The number of carbonyl (C=O) groups excluding carboxylic acids is 1. The molecule has 1 aromatic carbocycles. The number of aliphatic hydroxyl groups is 1. The molecule has 0 radical (unpaired) electrons. The number of amides is 1. The average Bonchev–Trinajstić information content (AvgIpc) is 2.94. The van der Waals surface area contributed by atoms with Gasteiger partial charge in [-0.1, -0.05) is 29.8 Å². The minimum atomic E-state index is -1.13. The minimum absolute atomic E-state index is 0.0202. The van der Waals surface area contributed by atoms with E-state index in [1.165, 1.54) is 0 Å². The molecule has 0 spiro atoms. The van der Waals surface area contributed by atoms with Gasteiger partial charge in [-0.15, -0.1) is 0 Å². The molecule has 2 aliphatic heterocycles. The molecule has 6 nitrogen and oxygen atoms in total. The number of likely N-dealkylation sites (N-methyl/N-ethyl adjacent to an activating group) is 1. The topological polar surface area (TPSA) is 81.1 Å². The largest absolute Gasteiger partial charge is 0.480 e. The van der Waals surface area contributed by atoms with Crippen LogP contribution in [0.5, 0.6) is 0 Å². The van der Waals surface area contributed by atoms with Crippen molar-refractivity contribution in [2.75, 3.05) is 26.7 Å². The van der Waals surface area contributed by atoms with E-state index in [2.05, 4.69) is 0 Å². The maximum Gasteiger partial charge on any atom is 0.323 e. The predicted molar refractivity (Wildman–Crippen MR) is 102 cm³/mol. The lowest BCUT2D eigenvalue weighted by Gasteiger charge is -2.35. The van der Waals surface area contributed by atoms with Crippen LogP contribution in [-0.4, -0.2) is 64.2 Å². The van der Waals surface area contributed by atoms with Crippen molar-refractivity contribution < 1.29 is 19.8 Å². The molecular formula is C20H27ClN2O4. The molecule has 0 saturated carbocycles. The van der Waals surface area contributed by atoms with Gasteiger partial charge < -0.3 is 15.1 Å². The summed E-state index contributed by atoms with van der Waals surface area (Å²) in [5.41, 5.74) is -0.344. The summed E-state index contributed by atoms with van der Waals surface area (Å²) in [6.07, 6.45) is 1.79. The number of nitrogens with zero attached hydrogens (tertiary/aromatic N) is 2. The second kappa shape index (κ2) is 7.78. The van der Waals surface area contributed by atoms with Crippen molar-refractivity contribution in [2.24, 2.45) is 11.8 Å². The van der Waals surface area contributed by atoms with E-state index < -0.39 is 17.4 Å². The first kappa shape index (κ1) is 20.1. The van der Waals surface area contributed by atoms with Gasteiger partial charge in [0.15, 0.2) is 0 Å². The van der Waals surface area contributed by atoms with Crippen LogP contribution in [-0.2, 0) is 9.59 Å². The van der Waals surface area contributed by atoms with Gasteiger partial charge in [-0.3, -0.25) is 14.5 Å². The summed E-state index contributed by atoms with van der Waals surface area (Å²) in [6, 6.07) is 6.95. The maximum atomic E-state index is 13.3. The highest BCUT2D eigenvalue weighted by Crippen LogP contribution is 2.48. The van der Waals surface area contributed by atoms with Crippen molar-refractivity contribution in [3.05, 3.63) is 34.9 Å². The third-order valence-electron chi connectivity index (χ3n) is 6.38. The molecule has 2 saturated heterocycles. The van der Waals surface area contributed by atoms with Crippen molar-refractivity contribution in [3.8, 4) is 0 Å². The summed E-state index contributed by atoms with van der Waals surface area (Å²) >= 11 is 6.41. The summed E-state index contributed by atoms with van der Waals surface area (Å²) in [6.45, 7) is 3.02. The summed E-state index contributed by atoms with van der Waals surface area (Å²) < 4.78 is 0. The van der Waals surface area contributed by atoms with Crippen molar-refractivity contribution in [1.29, 1.82) is 0 Å². The standard InChI is InChI=1S/C20H27ClN2O4/c1-20(19(26)27)11-15(18(25)23-9-7-13(12-24)8-10-23)17(22(20)2)14-5-3-4-6-16(14)21/h3-6,13,15,17,24H,7-12H2,1-2H3,(H,26,27)/t15-,17-,20-/m0/s1. The number of carbonyl (C=O) groups is 2. The fourth-order valence-electron chi connectivity index (χ4n) is 4.43. The van der Waals surface area contributed by atoms with Crippen molar-refractivity contribution in [2.45, 2.75) is 37.8 Å². The van der Waals surface area contributed by atoms with E-state index in [9.17, 15) is 19.8 Å². The zero-order valence-electron chi connectivity index (χ0n) is 15.8. The van der Waals surface area contributed by atoms with E-state index in [1.807, 2.05) is 23.1 Å². The second-order valence-electron chi connectivity index (χ2n) is 7.92. The number of carboxylic acids is 1. The molecule has 1 aromatic rings. The monoisotopic (exact) mass is 394 g/mol. The molecule has 2 aliphatic rings. The van der Waals surface area contributed by atoms with Crippen LogP contribution in [0.15, 0.2) is 24.3 Å². The van der Waals surface area contributed by atoms with E-state index in [-0.39, 0.29) is 30.9 Å². The van der Waals surface area contributed by atoms with E-state index in [1.54, 1.807) is 24.9 Å². The molecule has 0 unspecified atom stereocenters. The molecule has 0 bridgehead atoms. The van der Waals surface area contributed by atoms with Crippen LogP contribution in [0, 0.1) is 11.8 Å². The molecule has 3 rings (SSSR count). The van der Waals surface area contributed by atoms with Gasteiger partial charge >= 0.3 is 5.97 Å². The van der Waals surface area contributed by atoms with Crippen LogP contribution in [0.2, 0.25) is 5.02 Å². The van der Waals surface area contributed by atoms with Gasteiger partial charge in [0.1, 0.15) is 5.54 Å². The molecule has 3 atom stereocenters. The number of aliphatic carboxylic acids is 1. The van der Waals surface area contributed by atoms with E-state index in [4.69, 9.17) is 11.6 Å². The Morgan fingerprint density at radius 1 is 1.26 bits per heavy atom. The molecule has 148 valence electrons. The van der Waals surface area contributed by atoms with E-state index in [0.29, 0.717) is 18.1 Å². The highest BCUT2D eigenvalue weighted by atomic mass is 35.5. The van der Waals surface area contributed by atoms with E-state index in [0.717, 1.165) is 18.4 Å². The van der Waals surface area contributed by atoms with Crippen LogP contribution in [0.3, 0.4) is 0 Å². The van der Waals surface area contributed by atoms with Crippen LogP contribution >= 0.6 is 11.6 Å². The van der Waals surface area contributed by atoms with E-state index >= 15 is 0 Å². The molecule has 0 aromatic heterocycles. The van der Waals surface area contributed by atoms with Gasteiger partial charge in [-0.05, 0) is 50.8 Å². The Morgan fingerprint density at radius 3 is 2.44 bits per heavy atom. The molecule has 2 N–H and O–H groups in total. The number of likely N-dealkylation sites (tertiary alicyclic amines) is 2. The number of carboxylic acid groups (broad SMARTS) is 1. The Bertz CT molecular complexity index is 720. The zero-order valence-corrected chi connectivity index (χ0v) is 16.5. The molecule has 27 heavy (non-hydrogen) atoms. The minimum Gasteiger partial charge on any atom is -0.480 e. The van der Waals surface area contributed by atoms with Gasteiger partial charge in [0.05, 0.1) is 5.92 Å². The smallest absolute Gasteiger partial charge is 0.323 e. The summed E-state index contributed by atoms with van der Waals surface area (Å²) in [5.74, 6) is -1.19. The van der Waals surface area contributed by atoms with Crippen LogP contribution < -0.4 is 0 Å². The molecular weight excluding hydrogens is 368 g/mol. The molecule has 0 aliphatic carbocycles. The number of hydrogen-bond donors (Lipinski definition) is 2. The van der Waals surface area contributed by atoms with Gasteiger partial charge in [0, 0.05) is 30.8 Å². The average molecular weight is 395 g/mol. The molecule has 2 fully saturated rings. The maximum absolute atomic E-state index is 13.3. The highest BCUT2D eigenvalue weighted by Gasteiger charge is 2.55. The van der Waals surface area contributed by atoms with Crippen LogP contribution in [0.4, 0.5) is 0 Å². The van der Waals surface area contributed by atoms with Gasteiger partial charge in [0.2, 0.25) is 5.91 Å². The molecule has 7 heteroatoms. The quantitative estimate of drug-likeness (QED) is 0.819. The Labute approximate surface area is 164 Å². The fraction of sp³-hybridized carbons (Fsp3) is 0.600. The number of aliphatic hydroxyl groups excluding tert-OH is 1. The first-order chi connectivity index (χ1) is 12.8. The Kier molecular flexibility index (Phi) is 5.79. The van der Waals surface area contributed by atoms with Crippen molar-refractivity contribution >= 4 is 23.5 Å². The third-order valence-corrected chi connectivity index (χ3v) is 6.72. The lowest BCUT2D eigenvalue weighted by molar-refractivity contribution is -0.148. The van der Waals surface area contributed by atoms with Gasteiger partial charge in [0.25, 0.3) is 0 Å². The Hall–Kier alpha value is -1.63. The normalized spacial score (nSPS) is 29.9. The van der Waals surface area contributed by atoms with Gasteiger partial charge in [-0.2, -0.15) is 0 Å². The highest BCUT2D eigenvalue weighted by molar-refractivity contribution is 6.31.